The van der Waals surface area contributed by atoms with Gasteiger partial charge in [-0.2, -0.15) is 0 Å². The topological polar surface area (TPSA) is 48.0 Å². The van der Waals surface area contributed by atoms with Crippen LogP contribution in [0.2, 0.25) is 0 Å². The molecule has 2 aliphatic rings. The highest BCUT2D eigenvalue weighted by Gasteiger charge is 2.34. The van der Waals surface area contributed by atoms with Crippen molar-refractivity contribution in [2.24, 2.45) is 0 Å². The Hall–Kier alpha value is -2.35. The van der Waals surface area contributed by atoms with Crippen LogP contribution in [0.4, 0.5) is 0 Å². The Kier molecular flexibility index (Phi) is 7.50. The van der Waals surface area contributed by atoms with E-state index >= 15 is 0 Å². The maximum Gasteiger partial charge on any atom is 0.266 e. The number of aryl methyl sites for hydroxylation is 1. The summed E-state index contributed by atoms with van der Waals surface area (Å²) in [4.78, 5) is 15.2. The molecule has 0 aromatic heterocycles. The molecule has 1 atom stereocenters. The number of benzene rings is 2. The van der Waals surface area contributed by atoms with Gasteiger partial charge in [-0.1, -0.05) is 59.9 Å². The van der Waals surface area contributed by atoms with Gasteiger partial charge in [0.15, 0.2) is 11.5 Å². The van der Waals surface area contributed by atoms with E-state index in [9.17, 15) is 4.79 Å². The first kappa shape index (κ1) is 22.8. The van der Waals surface area contributed by atoms with Crippen molar-refractivity contribution in [1.82, 2.24) is 4.90 Å². The van der Waals surface area contributed by atoms with Gasteiger partial charge in [0.1, 0.15) is 10.9 Å². The molecule has 5 nitrogen and oxygen atoms in total. The minimum absolute atomic E-state index is 0.0619. The molecule has 32 heavy (non-hydrogen) atoms. The van der Waals surface area contributed by atoms with Gasteiger partial charge in [-0.3, -0.25) is 9.69 Å². The summed E-state index contributed by atoms with van der Waals surface area (Å²) in [5.41, 5.74) is 3.18. The summed E-state index contributed by atoms with van der Waals surface area (Å²) in [7, 11) is 0. The van der Waals surface area contributed by atoms with E-state index in [-0.39, 0.29) is 12.0 Å². The van der Waals surface area contributed by atoms with Crippen LogP contribution in [-0.4, -0.2) is 41.0 Å². The molecule has 2 aliphatic heterocycles. The first-order valence-electron chi connectivity index (χ1n) is 10.9. The summed E-state index contributed by atoms with van der Waals surface area (Å²) in [5, 5.41) is 0. The number of nitrogens with zero attached hydrogens (tertiary/aromatic N) is 1. The smallest absolute Gasteiger partial charge is 0.266 e. The molecule has 0 radical (unpaired) electrons. The summed E-state index contributed by atoms with van der Waals surface area (Å²) in [6.45, 7) is 6.26. The summed E-state index contributed by atoms with van der Waals surface area (Å²) in [5.74, 6) is 1.27. The van der Waals surface area contributed by atoms with Crippen LogP contribution >= 0.6 is 24.0 Å². The summed E-state index contributed by atoms with van der Waals surface area (Å²) >= 11 is 6.78. The normalized spacial score (nSPS) is 19.8. The van der Waals surface area contributed by atoms with E-state index in [4.69, 9.17) is 26.4 Å². The largest absolute Gasteiger partial charge is 0.490 e. The Bertz CT molecular complexity index is 1010. The lowest BCUT2D eigenvalue weighted by Crippen LogP contribution is -2.35. The van der Waals surface area contributed by atoms with Crippen LogP contribution in [0.5, 0.6) is 11.5 Å². The molecule has 7 heteroatoms. The molecular weight excluding hydrogens is 442 g/mol. The minimum atomic E-state index is -0.0619. The van der Waals surface area contributed by atoms with E-state index in [0.29, 0.717) is 40.5 Å². The molecule has 2 fully saturated rings. The van der Waals surface area contributed by atoms with Gasteiger partial charge in [0.25, 0.3) is 5.91 Å². The van der Waals surface area contributed by atoms with Crippen molar-refractivity contribution >= 4 is 40.3 Å². The lowest BCUT2D eigenvalue weighted by Gasteiger charge is -2.18. The lowest BCUT2D eigenvalue weighted by atomic mass is 10.1. The van der Waals surface area contributed by atoms with E-state index < -0.39 is 0 Å². The van der Waals surface area contributed by atoms with E-state index in [1.165, 1.54) is 17.3 Å². The van der Waals surface area contributed by atoms with Crippen molar-refractivity contribution in [3.8, 4) is 11.5 Å². The van der Waals surface area contributed by atoms with Crippen molar-refractivity contribution in [1.29, 1.82) is 0 Å². The van der Waals surface area contributed by atoms with Gasteiger partial charge in [0.05, 0.1) is 24.2 Å². The molecule has 2 aromatic carbocycles. The third kappa shape index (κ3) is 5.52. The molecule has 1 amide bonds. The average Bonchev–Trinajstić information content (AvgIpc) is 3.39. The number of thioether (sulfide) groups is 1. The van der Waals surface area contributed by atoms with Gasteiger partial charge < -0.3 is 14.2 Å². The molecule has 0 spiro atoms. The van der Waals surface area contributed by atoms with Crippen molar-refractivity contribution in [2.75, 3.05) is 19.8 Å². The zero-order chi connectivity index (χ0) is 22.5. The molecule has 2 saturated heterocycles. The maximum absolute atomic E-state index is 12.9. The van der Waals surface area contributed by atoms with Crippen LogP contribution < -0.4 is 9.47 Å². The number of thiocarbonyl (C=S) groups is 1. The fourth-order valence-corrected chi connectivity index (χ4v) is 4.92. The van der Waals surface area contributed by atoms with Gasteiger partial charge >= 0.3 is 0 Å². The molecule has 0 N–H and O–H groups in total. The molecule has 0 saturated carbocycles. The number of amides is 1. The molecule has 0 aliphatic carbocycles. The molecule has 2 heterocycles. The van der Waals surface area contributed by atoms with E-state index in [0.717, 1.165) is 30.6 Å². The van der Waals surface area contributed by atoms with E-state index in [1.54, 1.807) is 4.90 Å². The highest BCUT2D eigenvalue weighted by Crippen LogP contribution is 2.35. The zero-order valence-electron chi connectivity index (χ0n) is 18.3. The molecule has 0 unspecified atom stereocenters. The molecule has 0 bridgehead atoms. The molecule has 2 aromatic rings. The minimum Gasteiger partial charge on any atom is -0.490 e. The number of hydrogen-bond donors (Lipinski definition) is 0. The van der Waals surface area contributed by atoms with Gasteiger partial charge in [0.2, 0.25) is 0 Å². The monoisotopic (exact) mass is 469 g/mol. The average molecular weight is 470 g/mol. The van der Waals surface area contributed by atoms with E-state index in [1.807, 2.05) is 31.2 Å². The van der Waals surface area contributed by atoms with Crippen LogP contribution in [0.1, 0.15) is 36.5 Å². The highest BCUT2D eigenvalue weighted by molar-refractivity contribution is 8.26. The second-order valence-electron chi connectivity index (χ2n) is 7.84. The first-order valence-corrected chi connectivity index (χ1v) is 12.1. The number of ether oxygens (including phenoxy) is 3. The molecular formula is C25H27NO4S2. The second kappa shape index (κ2) is 10.5. The Balaban J connectivity index is 1.47. The fraction of sp³-hybridized carbons (Fsp3) is 0.360. The first-order chi connectivity index (χ1) is 15.5. The van der Waals surface area contributed by atoms with Crippen LogP contribution in [0.15, 0.2) is 47.4 Å². The predicted octanol–water partition coefficient (Wildman–Crippen LogP) is 5.35. The number of hydrogen-bond acceptors (Lipinski definition) is 6. The number of carbonyl (C=O) groups excluding carboxylic acids is 1. The van der Waals surface area contributed by atoms with Crippen LogP contribution in [0.25, 0.3) is 6.08 Å². The Labute approximate surface area is 198 Å². The van der Waals surface area contributed by atoms with Crippen molar-refractivity contribution in [2.45, 2.75) is 39.4 Å². The molecule has 4 rings (SSSR count). The van der Waals surface area contributed by atoms with Gasteiger partial charge in [-0.05, 0) is 56.0 Å². The van der Waals surface area contributed by atoms with Crippen molar-refractivity contribution in [3.05, 3.63) is 64.1 Å². The Morgan fingerprint density at radius 3 is 2.72 bits per heavy atom. The summed E-state index contributed by atoms with van der Waals surface area (Å²) < 4.78 is 18.1. The summed E-state index contributed by atoms with van der Waals surface area (Å²) in [6.07, 6.45) is 3.94. The van der Waals surface area contributed by atoms with Gasteiger partial charge in [-0.25, -0.2) is 0 Å². The number of rotatable bonds is 8. The maximum atomic E-state index is 12.9. The third-order valence-electron chi connectivity index (χ3n) is 5.36. The van der Waals surface area contributed by atoms with Crippen LogP contribution in [0.3, 0.4) is 0 Å². The standard InChI is InChI=1S/C25H27NO4S2/c1-3-28-22-13-19(10-11-21(22)30-16-18-8-6-17(2)7-9-18)14-23-24(27)26(25(31)32-23)15-20-5-4-12-29-20/h6-11,13-14,20H,3-5,12,15-16H2,1-2H3/b23-14+/t20-/m1/s1. The predicted molar refractivity (Wildman–Crippen MR) is 132 cm³/mol. The van der Waals surface area contributed by atoms with E-state index in [2.05, 4.69) is 31.2 Å². The summed E-state index contributed by atoms with van der Waals surface area (Å²) in [6, 6.07) is 14.0. The van der Waals surface area contributed by atoms with Gasteiger partial charge in [-0.15, -0.1) is 0 Å². The molecule has 168 valence electrons. The lowest BCUT2D eigenvalue weighted by molar-refractivity contribution is -0.123. The second-order valence-corrected chi connectivity index (χ2v) is 9.52. The third-order valence-corrected chi connectivity index (χ3v) is 6.74. The Morgan fingerprint density at radius 2 is 2.00 bits per heavy atom. The quantitative estimate of drug-likeness (QED) is 0.384. The SMILES string of the molecule is CCOc1cc(/C=C2/SC(=S)N(C[C@H]3CCCO3)C2=O)ccc1OCc1ccc(C)cc1. The zero-order valence-corrected chi connectivity index (χ0v) is 20.0. The fourth-order valence-electron chi connectivity index (χ4n) is 3.65. The number of carbonyl (C=O) groups is 1. The van der Waals surface area contributed by atoms with Crippen molar-refractivity contribution in [3.63, 3.8) is 0 Å². The van der Waals surface area contributed by atoms with Crippen molar-refractivity contribution < 1.29 is 19.0 Å². The van der Waals surface area contributed by atoms with Gasteiger partial charge in [0, 0.05) is 6.61 Å². The van der Waals surface area contributed by atoms with Crippen LogP contribution in [0, 0.1) is 6.92 Å². The van der Waals surface area contributed by atoms with Crippen LogP contribution in [-0.2, 0) is 16.1 Å². The highest BCUT2D eigenvalue weighted by atomic mass is 32.2. The Morgan fingerprint density at radius 1 is 1.19 bits per heavy atom.